The Balaban J connectivity index is 2.01. The lowest BCUT2D eigenvalue weighted by Crippen LogP contribution is -2.22. The predicted octanol–water partition coefficient (Wildman–Crippen LogP) is 2.40. The van der Waals surface area contributed by atoms with E-state index in [1.54, 1.807) is 30.4 Å². The Kier molecular flexibility index (Phi) is 3.62. The van der Waals surface area contributed by atoms with Crippen LogP contribution in [0.5, 0.6) is 5.75 Å². The molecule has 0 unspecified atom stereocenters. The molecule has 2 rings (SSSR count). The summed E-state index contributed by atoms with van der Waals surface area (Å²) in [5.74, 6) is 0.0328. The fraction of sp³-hybridized carbons (Fsp3) is 0.231. The number of nitrogens with one attached hydrogen (secondary N) is 1. The Hall–Kier alpha value is -1.88. The SMILES string of the molecule is Cc1nc(CNC(=O)c2ccc(O)c(C)c2)cs1. The van der Waals surface area contributed by atoms with Gasteiger partial charge in [-0.1, -0.05) is 0 Å². The third-order valence-corrected chi connectivity index (χ3v) is 3.38. The van der Waals surface area contributed by atoms with E-state index >= 15 is 0 Å². The number of thiazole rings is 1. The molecule has 0 aliphatic carbocycles. The maximum absolute atomic E-state index is 11.9. The molecule has 0 aliphatic rings. The fourth-order valence-electron chi connectivity index (χ4n) is 1.56. The second kappa shape index (κ2) is 5.18. The van der Waals surface area contributed by atoms with E-state index in [-0.39, 0.29) is 11.7 Å². The first kappa shape index (κ1) is 12.6. The molecule has 1 amide bonds. The van der Waals surface area contributed by atoms with Crippen molar-refractivity contribution < 1.29 is 9.90 Å². The average Bonchev–Trinajstić information content (AvgIpc) is 2.75. The van der Waals surface area contributed by atoms with Gasteiger partial charge in [0.1, 0.15) is 5.75 Å². The highest BCUT2D eigenvalue weighted by atomic mass is 32.1. The van der Waals surface area contributed by atoms with Gasteiger partial charge in [0, 0.05) is 10.9 Å². The monoisotopic (exact) mass is 262 g/mol. The van der Waals surface area contributed by atoms with Crippen molar-refractivity contribution in [3.8, 4) is 5.75 Å². The number of carbonyl (C=O) groups is 1. The molecule has 0 atom stereocenters. The van der Waals surface area contributed by atoms with Crippen molar-refractivity contribution >= 4 is 17.2 Å². The molecule has 0 radical (unpaired) electrons. The Morgan fingerprint density at radius 1 is 1.44 bits per heavy atom. The molecule has 0 fully saturated rings. The van der Waals surface area contributed by atoms with Crippen molar-refractivity contribution in [2.45, 2.75) is 20.4 Å². The first-order chi connectivity index (χ1) is 8.56. The number of aromatic nitrogens is 1. The summed E-state index contributed by atoms with van der Waals surface area (Å²) in [6, 6.07) is 4.79. The zero-order valence-electron chi connectivity index (χ0n) is 10.2. The second-order valence-corrected chi connectivity index (χ2v) is 5.10. The van der Waals surface area contributed by atoms with Crippen LogP contribution in [-0.4, -0.2) is 16.0 Å². The Morgan fingerprint density at radius 3 is 2.83 bits per heavy atom. The summed E-state index contributed by atoms with van der Waals surface area (Å²) in [6.07, 6.45) is 0. The van der Waals surface area contributed by atoms with E-state index < -0.39 is 0 Å². The van der Waals surface area contributed by atoms with Gasteiger partial charge in [-0.3, -0.25) is 4.79 Å². The van der Waals surface area contributed by atoms with Crippen LogP contribution < -0.4 is 5.32 Å². The third kappa shape index (κ3) is 2.87. The number of rotatable bonds is 3. The molecule has 5 heteroatoms. The maximum Gasteiger partial charge on any atom is 0.251 e. The summed E-state index contributed by atoms with van der Waals surface area (Å²) >= 11 is 1.56. The number of amides is 1. The minimum absolute atomic E-state index is 0.163. The van der Waals surface area contributed by atoms with Crippen molar-refractivity contribution in [1.82, 2.24) is 10.3 Å². The number of aromatic hydroxyl groups is 1. The highest BCUT2D eigenvalue weighted by Gasteiger charge is 2.08. The van der Waals surface area contributed by atoms with Crippen LogP contribution in [0.15, 0.2) is 23.6 Å². The number of nitrogens with zero attached hydrogens (tertiary/aromatic N) is 1. The topological polar surface area (TPSA) is 62.2 Å². The highest BCUT2D eigenvalue weighted by Crippen LogP contribution is 2.17. The molecule has 1 aromatic carbocycles. The fourth-order valence-corrected chi connectivity index (χ4v) is 2.17. The van der Waals surface area contributed by atoms with Gasteiger partial charge in [0.2, 0.25) is 0 Å². The van der Waals surface area contributed by atoms with Gasteiger partial charge in [-0.05, 0) is 37.6 Å². The summed E-state index contributed by atoms with van der Waals surface area (Å²) in [5, 5.41) is 15.1. The largest absolute Gasteiger partial charge is 0.508 e. The Morgan fingerprint density at radius 2 is 2.22 bits per heavy atom. The summed E-state index contributed by atoms with van der Waals surface area (Å²) < 4.78 is 0. The highest BCUT2D eigenvalue weighted by molar-refractivity contribution is 7.09. The number of benzene rings is 1. The van der Waals surface area contributed by atoms with Crippen molar-refractivity contribution in [2.24, 2.45) is 0 Å². The maximum atomic E-state index is 11.9. The van der Waals surface area contributed by atoms with Crippen molar-refractivity contribution in [3.05, 3.63) is 45.4 Å². The first-order valence-electron chi connectivity index (χ1n) is 5.55. The van der Waals surface area contributed by atoms with Crippen molar-refractivity contribution in [2.75, 3.05) is 0 Å². The van der Waals surface area contributed by atoms with Gasteiger partial charge in [0.15, 0.2) is 0 Å². The number of aryl methyl sites for hydroxylation is 2. The van der Waals surface area contributed by atoms with E-state index in [9.17, 15) is 9.90 Å². The van der Waals surface area contributed by atoms with E-state index in [4.69, 9.17) is 0 Å². The summed E-state index contributed by atoms with van der Waals surface area (Å²) in [6.45, 7) is 4.11. The smallest absolute Gasteiger partial charge is 0.251 e. The zero-order valence-corrected chi connectivity index (χ0v) is 11.0. The van der Waals surface area contributed by atoms with Gasteiger partial charge >= 0.3 is 0 Å². The van der Waals surface area contributed by atoms with E-state index in [1.165, 1.54) is 6.07 Å². The number of phenols is 1. The van der Waals surface area contributed by atoms with Gasteiger partial charge in [0.05, 0.1) is 17.2 Å². The minimum Gasteiger partial charge on any atom is -0.508 e. The first-order valence-corrected chi connectivity index (χ1v) is 6.43. The molecule has 94 valence electrons. The van der Waals surface area contributed by atoms with Crippen LogP contribution in [0.25, 0.3) is 0 Å². The van der Waals surface area contributed by atoms with Crippen molar-refractivity contribution in [3.63, 3.8) is 0 Å². The second-order valence-electron chi connectivity index (χ2n) is 4.04. The van der Waals surface area contributed by atoms with Gasteiger partial charge in [-0.2, -0.15) is 0 Å². The third-order valence-electron chi connectivity index (χ3n) is 2.56. The van der Waals surface area contributed by atoms with E-state index in [1.807, 2.05) is 12.3 Å². The standard InChI is InChI=1S/C13H14N2O2S/c1-8-5-10(3-4-12(8)16)13(17)14-6-11-7-18-9(2)15-11/h3-5,7,16H,6H2,1-2H3,(H,14,17). The molecule has 2 aromatic rings. The molecule has 2 N–H and O–H groups in total. The molecule has 18 heavy (non-hydrogen) atoms. The predicted molar refractivity (Wildman–Crippen MR) is 70.9 cm³/mol. The van der Waals surface area contributed by atoms with Gasteiger partial charge in [0.25, 0.3) is 5.91 Å². The molecule has 4 nitrogen and oxygen atoms in total. The van der Waals surface area contributed by atoms with Crippen LogP contribution in [-0.2, 0) is 6.54 Å². The molecule has 0 saturated carbocycles. The van der Waals surface area contributed by atoms with Gasteiger partial charge < -0.3 is 10.4 Å². The Labute approximate surface area is 109 Å². The average molecular weight is 262 g/mol. The number of phenolic OH excluding ortho intramolecular Hbond substituents is 1. The molecule has 0 saturated heterocycles. The van der Waals surface area contributed by atoms with Crippen LogP contribution in [0.1, 0.15) is 26.6 Å². The van der Waals surface area contributed by atoms with E-state index in [0.29, 0.717) is 17.7 Å². The van der Waals surface area contributed by atoms with Gasteiger partial charge in [-0.15, -0.1) is 11.3 Å². The lowest BCUT2D eigenvalue weighted by atomic mass is 10.1. The van der Waals surface area contributed by atoms with Crippen molar-refractivity contribution in [1.29, 1.82) is 0 Å². The molecule has 0 bridgehead atoms. The van der Waals surface area contributed by atoms with Crippen LogP contribution in [0.4, 0.5) is 0 Å². The number of hydrogen-bond donors (Lipinski definition) is 2. The molecule has 1 heterocycles. The minimum atomic E-state index is -0.163. The van der Waals surface area contributed by atoms with Gasteiger partial charge in [-0.25, -0.2) is 4.98 Å². The van der Waals surface area contributed by atoms with Crippen LogP contribution in [0, 0.1) is 13.8 Å². The summed E-state index contributed by atoms with van der Waals surface area (Å²) in [4.78, 5) is 16.1. The lowest BCUT2D eigenvalue weighted by Gasteiger charge is -2.05. The zero-order chi connectivity index (χ0) is 13.1. The summed E-state index contributed by atoms with van der Waals surface area (Å²) in [7, 11) is 0. The van der Waals surface area contributed by atoms with Crippen LogP contribution in [0.2, 0.25) is 0 Å². The molecular weight excluding hydrogens is 248 g/mol. The van der Waals surface area contributed by atoms with E-state index in [0.717, 1.165) is 10.7 Å². The number of hydrogen-bond acceptors (Lipinski definition) is 4. The van der Waals surface area contributed by atoms with Crippen LogP contribution >= 0.6 is 11.3 Å². The molecular formula is C13H14N2O2S. The molecule has 0 aliphatic heterocycles. The van der Waals surface area contributed by atoms with Crippen LogP contribution in [0.3, 0.4) is 0 Å². The number of carbonyl (C=O) groups excluding carboxylic acids is 1. The Bertz CT molecular complexity index is 578. The quantitative estimate of drug-likeness (QED) is 0.892. The van der Waals surface area contributed by atoms with E-state index in [2.05, 4.69) is 10.3 Å². The lowest BCUT2D eigenvalue weighted by molar-refractivity contribution is 0.0950. The molecule has 0 spiro atoms. The summed E-state index contributed by atoms with van der Waals surface area (Å²) in [5.41, 5.74) is 2.09. The normalized spacial score (nSPS) is 10.3. The molecule has 1 aromatic heterocycles.